The van der Waals surface area contributed by atoms with Crippen molar-refractivity contribution in [2.45, 2.75) is 115 Å². The molecule has 0 amide bonds. The standard InChI is InChI=1S/C26H42N2O6S3.2Na/c1-2-3-4-5-6-7-8-9-10-11-12-13-15-21(35)20-22-24(37(32,33)34)18-17-23-26(22)28-25(27-23)16-14-19-36(29,30)31;;/h17-18H,2-16,19-20H2,1H3,(H,27,28)(H,29,30,31)(H,32,33,34);;/q;2*+1/p-2. The number of benzene rings is 1. The molecule has 1 aromatic heterocycles. The van der Waals surface area contributed by atoms with Gasteiger partial charge in [-0.05, 0) is 36.3 Å². The van der Waals surface area contributed by atoms with Gasteiger partial charge in [0.1, 0.15) is 15.9 Å². The van der Waals surface area contributed by atoms with Crippen LogP contribution in [0.25, 0.3) is 11.0 Å². The van der Waals surface area contributed by atoms with Crippen LogP contribution in [0, 0.1) is 0 Å². The molecule has 0 fully saturated rings. The van der Waals surface area contributed by atoms with Crippen molar-refractivity contribution in [1.82, 2.24) is 9.97 Å². The minimum Gasteiger partial charge on any atom is -0.748 e. The maximum atomic E-state index is 11.9. The average Bonchev–Trinajstić information content (AvgIpc) is 3.22. The van der Waals surface area contributed by atoms with Gasteiger partial charge in [-0.3, -0.25) is 0 Å². The fourth-order valence-electron chi connectivity index (χ4n) is 4.55. The maximum absolute atomic E-state index is 11.9. The summed E-state index contributed by atoms with van der Waals surface area (Å²) in [6.07, 6.45) is 16.0. The summed E-state index contributed by atoms with van der Waals surface area (Å²) in [4.78, 5) is 7.77. The molecule has 0 radical (unpaired) electrons. The first kappa shape index (κ1) is 39.6. The summed E-state index contributed by atoms with van der Waals surface area (Å²) in [5.74, 6) is -0.0903. The van der Waals surface area contributed by atoms with E-state index in [-0.39, 0.29) is 88.8 Å². The number of aromatic amines is 1. The Kier molecular flexibility index (Phi) is 20.8. The molecule has 2 rings (SSSR count). The van der Waals surface area contributed by atoms with Crippen LogP contribution < -0.4 is 59.1 Å². The van der Waals surface area contributed by atoms with E-state index in [2.05, 4.69) is 16.9 Å². The van der Waals surface area contributed by atoms with Crippen LogP contribution >= 0.6 is 12.2 Å². The first-order chi connectivity index (χ1) is 17.5. The van der Waals surface area contributed by atoms with Gasteiger partial charge in [0.15, 0.2) is 0 Å². The molecule has 0 aliphatic carbocycles. The van der Waals surface area contributed by atoms with Crippen molar-refractivity contribution in [1.29, 1.82) is 0 Å². The van der Waals surface area contributed by atoms with Crippen LogP contribution in [0.2, 0.25) is 0 Å². The van der Waals surface area contributed by atoms with E-state index in [1.807, 2.05) is 0 Å². The summed E-state index contributed by atoms with van der Waals surface area (Å²) < 4.78 is 68.3. The molecule has 210 valence electrons. The predicted octanol–water partition coefficient (Wildman–Crippen LogP) is -0.0436. The van der Waals surface area contributed by atoms with Crippen molar-refractivity contribution in [2.24, 2.45) is 0 Å². The van der Waals surface area contributed by atoms with E-state index in [1.165, 1.54) is 69.9 Å². The number of nitrogens with zero attached hydrogens (tertiary/aromatic N) is 1. The number of fused-ring (bicyclic) bond motifs is 1. The molecule has 1 N–H and O–H groups in total. The number of unbranched alkanes of at least 4 members (excludes halogenated alkanes) is 11. The van der Waals surface area contributed by atoms with Gasteiger partial charge in [0.05, 0.1) is 26.0 Å². The van der Waals surface area contributed by atoms with E-state index < -0.39 is 26.0 Å². The topological polar surface area (TPSA) is 143 Å². The molecule has 1 heterocycles. The number of imidazole rings is 1. The van der Waals surface area contributed by atoms with Gasteiger partial charge < -0.3 is 14.1 Å². The molecule has 13 heteroatoms. The first-order valence-corrected chi connectivity index (χ1v) is 16.8. The Labute approximate surface area is 284 Å². The quantitative estimate of drug-likeness (QED) is 0.0943. The molecular formula is C26H40N2Na2O6S3. The summed E-state index contributed by atoms with van der Waals surface area (Å²) in [5, 5.41) is 0. The van der Waals surface area contributed by atoms with Crippen molar-refractivity contribution in [3.05, 3.63) is 23.5 Å². The summed E-state index contributed by atoms with van der Waals surface area (Å²) in [5.41, 5.74) is 1.15. The molecule has 0 unspecified atom stereocenters. The number of thiocarbonyl (C=S) groups is 1. The van der Waals surface area contributed by atoms with Crippen LogP contribution in [-0.4, -0.2) is 46.5 Å². The van der Waals surface area contributed by atoms with Crippen LogP contribution in [0.15, 0.2) is 17.0 Å². The number of rotatable bonds is 20. The Morgan fingerprint density at radius 3 is 1.90 bits per heavy atom. The summed E-state index contributed by atoms with van der Waals surface area (Å²) in [6.45, 7) is 2.23. The van der Waals surface area contributed by atoms with Gasteiger partial charge in [-0.25, -0.2) is 21.8 Å². The second kappa shape index (κ2) is 20.5. The van der Waals surface area contributed by atoms with Gasteiger partial charge in [-0.2, -0.15) is 0 Å². The van der Waals surface area contributed by atoms with E-state index in [4.69, 9.17) is 12.2 Å². The molecule has 0 saturated heterocycles. The predicted molar refractivity (Wildman–Crippen MR) is 149 cm³/mol. The molecule has 8 nitrogen and oxygen atoms in total. The summed E-state index contributed by atoms with van der Waals surface area (Å²) in [7, 11) is -9.06. The van der Waals surface area contributed by atoms with Crippen molar-refractivity contribution < 1.29 is 85.1 Å². The number of aromatic nitrogens is 2. The van der Waals surface area contributed by atoms with Gasteiger partial charge in [-0.15, -0.1) is 0 Å². The van der Waals surface area contributed by atoms with E-state index in [0.29, 0.717) is 28.1 Å². The van der Waals surface area contributed by atoms with Gasteiger partial charge in [0, 0.05) is 24.2 Å². The largest absolute Gasteiger partial charge is 1.00 e. The minimum atomic E-state index is -4.73. The SMILES string of the molecule is CCCCCCCCCCCCCCC(=S)Cc1c(S(=O)(=O)[O-])ccc2[nH]c(CCCS(=O)(=O)[O-])nc12.[Na+].[Na+]. The monoisotopic (exact) mass is 618 g/mol. The Morgan fingerprint density at radius 2 is 1.38 bits per heavy atom. The first-order valence-electron chi connectivity index (χ1n) is 13.4. The Morgan fingerprint density at radius 1 is 0.846 bits per heavy atom. The van der Waals surface area contributed by atoms with Crippen molar-refractivity contribution in [3.63, 3.8) is 0 Å². The Bertz CT molecular complexity index is 1220. The molecule has 39 heavy (non-hydrogen) atoms. The fraction of sp³-hybridized carbons (Fsp3) is 0.692. The zero-order chi connectivity index (χ0) is 27.3. The number of aryl methyl sites for hydroxylation is 1. The molecule has 0 atom stereocenters. The van der Waals surface area contributed by atoms with Crippen LogP contribution in [0.1, 0.15) is 108 Å². The second-order valence-corrected chi connectivity index (χ2v) is 13.2. The smallest absolute Gasteiger partial charge is 0.748 e. The number of H-pyrrole nitrogens is 1. The molecule has 0 saturated carbocycles. The third kappa shape index (κ3) is 16.1. The van der Waals surface area contributed by atoms with Gasteiger partial charge in [-0.1, -0.05) is 89.8 Å². The van der Waals surface area contributed by atoms with E-state index in [0.717, 1.165) is 19.3 Å². The molecule has 1 aromatic carbocycles. The molecular weight excluding hydrogens is 578 g/mol. The molecule has 0 aliphatic rings. The molecule has 0 spiro atoms. The zero-order valence-electron chi connectivity index (χ0n) is 23.8. The number of hydrogen-bond acceptors (Lipinski definition) is 8. The summed E-state index contributed by atoms with van der Waals surface area (Å²) >= 11 is 5.54. The zero-order valence-corrected chi connectivity index (χ0v) is 30.2. The number of nitrogens with one attached hydrogen (secondary N) is 1. The van der Waals surface area contributed by atoms with Crippen LogP contribution in [0.4, 0.5) is 0 Å². The van der Waals surface area contributed by atoms with Crippen molar-refractivity contribution >= 4 is 48.4 Å². The molecule has 0 bridgehead atoms. The van der Waals surface area contributed by atoms with Crippen LogP contribution in [0.3, 0.4) is 0 Å². The third-order valence-electron chi connectivity index (χ3n) is 6.53. The number of hydrogen-bond donors (Lipinski definition) is 1. The van der Waals surface area contributed by atoms with Gasteiger partial charge >= 0.3 is 59.1 Å². The summed E-state index contributed by atoms with van der Waals surface area (Å²) in [6, 6.07) is 2.73. The Balaban J connectivity index is 0.00000722. The molecule has 0 aliphatic heterocycles. The van der Waals surface area contributed by atoms with E-state index in [1.54, 1.807) is 0 Å². The fourth-order valence-corrected chi connectivity index (χ4v) is 6.05. The Hall–Kier alpha value is 0.600. The maximum Gasteiger partial charge on any atom is 1.00 e. The normalized spacial score (nSPS) is 11.8. The molecule has 2 aromatic rings. The van der Waals surface area contributed by atoms with Crippen molar-refractivity contribution in [3.8, 4) is 0 Å². The van der Waals surface area contributed by atoms with Gasteiger partial charge in [0.25, 0.3) is 0 Å². The van der Waals surface area contributed by atoms with Crippen LogP contribution in [-0.2, 0) is 33.1 Å². The second-order valence-electron chi connectivity index (χ2n) is 9.80. The van der Waals surface area contributed by atoms with E-state index >= 15 is 0 Å². The minimum absolute atomic E-state index is 0. The van der Waals surface area contributed by atoms with Gasteiger partial charge in [0.2, 0.25) is 0 Å². The third-order valence-corrected chi connectivity index (χ3v) is 8.58. The average molecular weight is 619 g/mol. The van der Waals surface area contributed by atoms with Crippen LogP contribution in [0.5, 0.6) is 0 Å². The van der Waals surface area contributed by atoms with Crippen molar-refractivity contribution in [2.75, 3.05) is 5.75 Å². The van der Waals surface area contributed by atoms with E-state index in [9.17, 15) is 25.9 Å².